The van der Waals surface area contributed by atoms with Gasteiger partial charge in [-0.2, -0.15) is 0 Å². The lowest BCUT2D eigenvalue weighted by Crippen LogP contribution is -2.35. The number of allylic oxidation sites excluding steroid dienone is 3. The van der Waals surface area contributed by atoms with Gasteiger partial charge in [0.2, 0.25) is 0 Å². The zero-order valence-electron chi connectivity index (χ0n) is 13.7. The summed E-state index contributed by atoms with van der Waals surface area (Å²) in [5, 5.41) is 3.23. The highest BCUT2D eigenvalue weighted by atomic mass is 32.1. The molecule has 124 valence electrons. The largest absolute Gasteiger partial charge is 0.325 e. The second-order valence-corrected chi connectivity index (χ2v) is 7.06. The van der Waals surface area contributed by atoms with Gasteiger partial charge in [0.05, 0.1) is 15.9 Å². The molecule has 25 heavy (non-hydrogen) atoms. The smallest absolute Gasteiger partial charge is 0.306 e. The van der Waals surface area contributed by atoms with Gasteiger partial charge in [-0.15, -0.1) is 11.3 Å². The molecule has 0 fully saturated rings. The number of carbonyl (C=O) groups is 2. The average molecular weight is 349 g/mol. The van der Waals surface area contributed by atoms with Crippen LogP contribution in [0, 0.1) is 5.92 Å². The van der Waals surface area contributed by atoms with Crippen molar-refractivity contribution in [1.29, 1.82) is 0 Å². The normalized spacial score (nSPS) is 21.4. The predicted octanol–water partition coefficient (Wildman–Crippen LogP) is 3.41. The second-order valence-electron chi connectivity index (χ2n) is 6.03. The van der Waals surface area contributed by atoms with Crippen molar-refractivity contribution < 1.29 is 9.59 Å². The standard InChI is InChI=1S/C19H15N3O2S/c1-10-11(2)17(23)21-15-9-12(7-8-13(10)15)20-18(24)19-22-14-5-3-4-6-16(14)25-19/h3-9,13H,1-2H3,(H,21,23). The lowest BCUT2D eigenvalue weighted by molar-refractivity contribution is -0.117. The maximum Gasteiger partial charge on any atom is 0.306 e. The highest BCUT2D eigenvalue weighted by Gasteiger charge is 2.27. The molecule has 1 aromatic carbocycles. The van der Waals surface area contributed by atoms with Crippen LogP contribution in [0.1, 0.15) is 23.6 Å². The van der Waals surface area contributed by atoms with E-state index in [0.717, 1.165) is 27.1 Å². The summed E-state index contributed by atoms with van der Waals surface area (Å²) >= 11 is 1.33. The molecule has 4 rings (SSSR count). The van der Waals surface area contributed by atoms with Crippen molar-refractivity contribution in [2.75, 3.05) is 0 Å². The van der Waals surface area contributed by atoms with E-state index in [2.05, 4.69) is 15.3 Å². The molecule has 1 unspecified atom stereocenters. The molecule has 1 N–H and O–H groups in total. The number of aliphatic imine (C=N–C) groups is 1. The molecule has 1 aliphatic carbocycles. The monoisotopic (exact) mass is 349 g/mol. The molecule has 1 atom stereocenters. The van der Waals surface area contributed by atoms with Crippen molar-refractivity contribution >= 4 is 39.1 Å². The minimum Gasteiger partial charge on any atom is -0.325 e. The lowest BCUT2D eigenvalue weighted by atomic mass is 9.85. The molecule has 5 nitrogen and oxygen atoms in total. The third-order valence-corrected chi connectivity index (χ3v) is 5.49. The highest BCUT2D eigenvalue weighted by molar-refractivity contribution is 7.20. The summed E-state index contributed by atoms with van der Waals surface area (Å²) in [5.41, 5.74) is 3.82. The van der Waals surface area contributed by atoms with Crippen molar-refractivity contribution in [3.63, 3.8) is 0 Å². The van der Waals surface area contributed by atoms with Crippen molar-refractivity contribution in [3.8, 4) is 0 Å². The van der Waals surface area contributed by atoms with Gasteiger partial charge in [-0.1, -0.05) is 23.8 Å². The summed E-state index contributed by atoms with van der Waals surface area (Å²) in [4.78, 5) is 32.9. The number of amides is 2. The Balaban J connectivity index is 1.65. The number of aromatic nitrogens is 1. The molecule has 6 heteroatoms. The van der Waals surface area contributed by atoms with Gasteiger partial charge in [-0.05, 0) is 38.1 Å². The summed E-state index contributed by atoms with van der Waals surface area (Å²) in [7, 11) is 0. The Morgan fingerprint density at radius 2 is 2.08 bits per heavy atom. The van der Waals surface area contributed by atoms with Crippen molar-refractivity contribution in [2.45, 2.75) is 13.8 Å². The van der Waals surface area contributed by atoms with Crippen LogP contribution in [0.4, 0.5) is 0 Å². The Morgan fingerprint density at radius 3 is 2.88 bits per heavy atom. The van der Waals surface area contributed by atoms with Crippen LogP contribution in [0.15, 0.2) is 64.3 Å². The van der Waals surface area contributed by atoms with E-state index in [-0.39, 0.29) is 17.7 Å². The zero-order valence-corrected chi connectivity index (χ0v) is 14.6. The van der Waals surface area contributed by atoms with Crippen LogP contribution in [0.25, 0.3) is 10.2 Å². The molecular weight excluding hydrogens is 334 g/mol. The molecule has 0 saturated carbocycles. The summed E-state index contributed by atoms with van der Waals surface area (Å²) < 4.78 is 0.958. The minimum absolute atomic E-state index is 0.0363. The molecular formula is C19H15N3O2S. The van der Waals surface area contributed by atoms with Gasteiger partial charge >= 0.3 is 5.91 Å². The van der Waals surface area contributed by atoms with Crippen molar-refractivity contribution in [2.24, 2.45) is 10.9 Å². The number of thiazole rings is 1. The first-order valence-electron chi connectivity index (χ1n) is 7.90. The Morgan fingerprint density at radius 1 is 1.28 bits per heavy atom. The Hall–Kier alpha value is -2.86. The first kappa shape index (κ1) is 15.7. The Labute approximate surface area is 148 Å². The topological polar surface area (TPSA) is 71.4 Å². The fraction of sp³-hybridized carbons (Fsp3) is 0.158. The third kappa shape index (κ3) is 2.74. The molecule has 2 aromatic rings. The van der Waals surface area contributed by atoms with Crippen LogP contribution in [0.3, 0.4) is 0 Å². The maximum atomic E-state index is 12.4. The van der Waals surface area contributed by atoms with E-state index in [0.29, 0.717) is 10.7 Å². The fourth-order valence-corrected chi connectivity index (χ4v) is 3.77. The first-order valence-corrected chi connectivity index (χ1v) is 8.71. The van der Waals surface area contributed by atoms with Gasteiger partial charge < -0.3 is 5.32 Å². The van der Waals surface area contributed by atoms with Crippen molar-refractivity contribution in [1.82, 2.24) is 10.3 Å². The summed E-state index contributed by atoms with van der Waals surface area (Å²) in [5.74, 6) is -0.442. The Bertz CT molecular complexity index is 1010. The van der Waals surface area contributed by atoms with Gasteiger partial charge in [0.15, 0.2) is 5.01 Å². The summed E-state index contributed by atoms with van der Waals surface area (Å²) in [6, 6.07) is 7.61. The average Bonchev–Trinajstić information content (AvgIpc) is 3.04. The number of hydrogen-bond donors (Lipinski definition) is 1. The molecule has 1 aromatic heterocycles. The van der Waals surface area contributed by atoms with Crippen LogP contribution in [0.2, 0.25) is 0 Å². The minimum atomic E-state index is -0.373. The maximum absolute atomic E-state index is 12.4. The quantitative estimate of drug-likeness (QED) is 0.857. The molecule has 0 saturated heterocycles. The summed E-state index contributed by atoms with van der Waals surface area (Å²) in [6.45, 7) is 3.76. The van der Waals surface area contributed by atoms with Gasteiger partial charge in [-0.25, -0.2) is 9.98 Å². The van der Waals surface area contributed by atoms with Gasteiger partial charge in [0, 0.05) is 17.2 Å². The zero-order chi connectivity index (χ0) is 17.6. The number of para-hydroxylation sites is 1. The highest BCUT2D eigenvalue weighted by Crippen LogP contribution is 2.30. The summed E-state index contributed by atoms with van der Waals surface area (Å²) in [6.07, 6.45) is 5.52. The van der Waals surface area contributed by atoms with Crippen LogP contribution in [0.5, 0.6) is 0 Å². The van der Waals surface area contributed by atoms with E-state index in [1.54, 1.807) is 6.08 Å². The number of carbonyl (C=O) groups excluding carboxylic acids is 2. The molecule has 0 radical (unpaired) electrons. The van der Waals surface area contributed by atoms with Crippen LogP contribution < -0.4 is 5.32 Å². The number of rotatable bonds is 1. The number of benzene rings is 1. The van der Waals surface area contributed by atoms with Crippen LogP contribution >= 0.6 is 11.3 Å². The number of hydrogen-bond acceptors (Lipinski definition) is 4. The van der Waals surface area contributed by atoms with Crippen LogP contribution in [-0.2, 0) is 4.79 Å². The van der Waals surface area contributed by atoms with Gasteiger partial charge in [0.25, 0.3) is 5.91 Å². The SMILES string of the molecule is CC1=C(C)C2C=CC(=NC(=O)c3nc4ccccc4s3)C=C2NC1=O. The lowest BCUT2D eigenvalue weighted by Gasteiger charge is -2.28. The molecule has 0 spiro atoms. The van der Waals surface area contributed by atoms with E-state index in [4.69, 9.17) is 0 Å². The Kier molecular flexibility index (Phi) is 3.69. The van der Waals surface area contributed by atoms with E-state index in [1.807, 2.05) is 50.3 Å². The third-order valence-electron chi connectivity index (χ3n) is 4.46. The molecule has 2 heterocycles. The predicted molar refractivity (Wildman–Crippen MR) is 98.6 cm³/mol. The second kappa shape index (κ2) is 5.89. The number of nitrogens with zero attached hydrogens (tertiary/aromatic N) is 2. The number of nitrogens with one attached hydrogen (secondary N) is 1. The van der Waals surface area contributed by atoms with Gasteiger partial charge in [0.1, 0.15) is 0 Å². The van der Waals surface area contributed by atoms with Crippen molar-refractivity contribution in [3.05, 3.63) is 64.3 Å². The van der Waals surface area contributed by atoms with E-state index < -0.39 is 0 Å². The van der Waals surface area contributed by atoms with E-state index >= 15 is 0 Å². The molecule has 2 amide bonds. The number of fused-ring (bicyclic) bond motifs is 2. The molecule has 0 bridgehead atoms. The van der Waals surface area contributed by atoms with E-state index in [1.165, 1.54) is 11.3 Å². The molecule has 2 aliphatic rings. The first-order chi connectivity index (χ1) is 12.0. The van der Waals surface area contributed by atoms with Crippen LogP contribution in [-0.4, -0.2) is 22.5 Å². The van der Waals surface area contributed by atoms with Gasteiger partial charge in [-0.3, -0.25) is 9.59 Å². The molecule has 1 aliphatic heterocycles. The van der Waals surface area contributed by atoms with E-state index in [9.17, 15) is 9.59 Å². The fourth-order valence-electron chi connectivity index (χ4n) is 2.92.